The molecule has 2 amide bonds. The van der Waals surface area contributed by atoms with Crippen LogP contribution in [0.5, 0.6) is 0 Å². The first kappa shape index (κ1) is 29.2. The van der Waals surface area contributed by atoms with Gasteiger partial charge in [-0.3, -0.25) is 14.5 Å². The Kier molecular flexibility index (Phi) is 9.80. The van der Waals surface area contributed by atoms with Crippen molar-refractivity contribution in [2.24, 2.45) is 22.8 Å². The molecule has 0 bridgehead atoms. The molecule has 5 unspecified atom stereocenters. The van der Waals surface area contributed by atoms with Crippen molar-refractivity contribution in [3.63, 3.8) is 0 Å². The predicted molar refractivity (Wildman–Crippen MR) is 150 cm³/mol. The fraction of sp³-hybridized carbons (Fsp3) is 0.931. The van der Waals surface area contributed by atoms with Crippen molar-refractivity contribution < 1.29 is 14.0 Å². The molecule has 4 aliphatic heterocycles. The largest absolute Gasteiger partial charge is 0.350 e. The molecule has 4 saturated heterocycles. The maximum atomic E-state index is 14.7. The van der Waals surface area contributed by atoms with Crippen LogP contribution in [0.1, 0.15) is 83.5 Å². The van der Waals surface area contributed by atoms with E-state index in [1.165, 1.54) is 19.3 Å². The Bertz CT molecular complexity index is 830. The Labute approximate surface area is 233 Å². The van der Waals surface area contributed by atoms with Crippen LogP contribution in [-0.2, 0) is 9.59 Å². The van der Waals surface area contributed by atoms with Crippen molar-refractivity contribution in [2.75, 3.05) is 39.3 Å². The zero-order valence-electron chi connectivity index (χ0n) is 23.7. The second-order valence-corrected chi connectivity index (χ2v) is 13.2. The van der Waals surface area contributed by atoms with Gasteiger partial charge in [-0.2, -0.15) is 0 Å². The highest BCUT2D eigenvalue weighted by atomic mass is 19.1. The van der Waals surface area contributed by atoms with E-state index in [2.05, 4.69) is 25.8 Å². The highest BCUT2D eigenvalue weighted by Gasteiger charge is 2.43. The highest BCUT2D eigenvalue weighted by molar-refractivity contribution is 5.80. The molecule has 4 heterocycles. The number of rotatable bonds is 6. The molecule has 1 aliphatic carbocycles. The maximum absolute atomic E-state index is 14.7. The first-order valence-electron chi connectivity index (χ1n) is 15.8. The van der Waals surface area contributed by atoms with E-state index >= 15 is 0 Å². The summed E-state index contributed by atoms with van der Waals surface area (Å²) in [5.74, 6) is -0.411. The Morgan fingerprint density at radius 2 is 1.77 bits per heavy atom. The number of amides is 2. The summed E-state index contributed by atoms with van der Waals surface area (Å²) >= 11 is 0. The lowest BCUT2D eigenvalue weighted by Gasteiger charge is -2.46. The van der Waals surface area contributed by atoms with Gasteiger partial charge >= 0.3 is 0 Å². The normalized spacial score (nSPS) is 34.2. The summed E-state index contributed by atoms with van der Waals surface area (Å²) in [4.78, 5) is 30.8. The minimum absolute atomic E-state index is 0.0383. The van der Waals surface area contributed by atoms with E-state index in [4.69, 9.17) is 11.5 Å². The van der Waals surface area contributed by atoms with Crippen LogP contribution in [-0.4, -0.2) is 97.4 Å². The number of piperidine rings is 2. The van der Waals surface area contributed by atoms with Gasteiger partial charge in [-0.15, -0.1) is 0 Å². The van der Waals surface area contributed by atoms with E-state index in [9.17, 15) is 14.0 Å². The fourth-order valence-corrected chi connectivity index (χ4v) is 8.41. The Hall–Kier alpha value is -1.33. The number of carbonyl (C=O) groups excluding carboxylic acids is 2. The molecular weight excluding hydrogens is 497 g/mol. The minimum atomic E-state index is -0.907. The second kappa shape index (κ2) is 13.1. The predicted octanol–water partition coefficient (Wildman–Crippen LogP) is 1.21. The van der Waals surface area contributed by atoms with Crippen LogP contribution in [0.3, 0.4) is 0 Å². The third kappa shape index (κ3) is 6.94. The average Bonchev–Trinajstić information content (AvgIpc) is 3.36. The summed E-state index contributed by atoms with van der Waals surface area (Å²) in [6, 6.07) is 0.321. The molecule has 39 heavy (non-hydrogen) atoms. The van der Waals surface area contributed by atoms with Gasteiger partial charge in [-0.25, -0.2) is 4.39 Å². The number of halogens is 1. The van der Waals surface area contributed by atoms with Gasteiger partial charge in [0, 0.05) is 57.3 Å². The Morgan fingerprint density at radius 1 is 1.00 bits per heavy atom. The zero-order valence-corrected chi connectivity index (χ0v) is 23.7. The molecule has 5 rings (SSSR count). The van der Waals surface area contributed by atoms with Crippen molar-refractivity contribution in [1.29, 1.82) is 0 Å². The van der Waals surface area contributed by atoms with Crippen molar-refractivity contribution in [1.82, 2.24) is 25.8 Å². The standard InChI is InChI=1S/C29H52FN7O2/c30-20-6-12-29(10-2-1-3-11-29)17-22(34-18-20)26(27(31)32)28(39)35-23-19-33-13-7-24(23)36-15-8-21(9-16-36)37-14-4-5-25(37)38/h20-24,26-27,33-34H,1-19,31-32H2,(H,35,39). The van der Waals surface area contributed by atoms with E-state index in [0.29, 0.717) is 31.3 Å². The molecule has 7 N–H and O–H groups in total. The van der Waals surface area contributed by atoms with Gasteiger partial charge in [-0.1, -0.05) is 19.3 Å². The summed E-state index contributed by atoms with van der Waals surface area (Å²) in [5.41, 5.74) is 12.7. The molecule has 1 spiro atoms. The van der Waals surface area contributed by atoms with Gasteiger partial charge < -0.3 is 32.3 Å². The van der Waals surface area contributed by atoms with Gasteiger partial charge in [0.25, 0.3) is 0 Å². The smallest absolute Gasteiger partial charge is 0.227 e. The summed E-state index contributed by atoms with van der Waals surface area (Å²) in [6.45, 7) is 4.66. The molecule has 0 radical (unpaired) electrons. The van der Waals surface area contributed by atoms with Crippen molar-refractivity contribution >= 4 is 11.8 Å². The average molecular weight is 550 g/mol. The molecule has 0 aromatic heterocycles. The molecule has 10 heteroatoms. The molecule has 5 aliphatic rings. The van der Waals surface area contributed by atoms with Crippen molar-refractivity contribution in [2.45, 2.75) is 120 Å². The van der Waals surface area contributed by atoms with E-state index in [1.807, 2.05) is 0 Å². The molecule has 1 saturated carbocycles. The monoisotopic (exact) mass is 549 g/mol. The molecule has 9 nitrogen and oxygen atoms in total. The summed E-state index contributed by atoms with van der Waals surface area (Å²) < 4.78 is 14.7. The van der Waals surface area contributed by atoms with Crippen molar-refractivity contribution in [3.8, 4) is 0 Å². The van der Waals surface area contributed by atoms with E-state index < -0.39 is 18.3 Å². The Balaban J connectivity index is 1.24. The molecule has 0 aromatic rings. The number of likely N-dealkylation sites (tertiary alicyclic amines) is 2. The maximum Gasteiger partial charge on any atom is 0.227 e. The number of nitrogens with zero attached hydrogens (tertiary/aromatic N) is 2. The number of nitrogens with one attached hydrogen (secondary N) is 3. The Morgan fingerprint density at radius 3 is 2.46 bits per heavy atom. The van der Waals surface area contributed by atoms with E-state index in [1.54, 1.807) is 0 Å². The number of hydrogen-bond acceptors (Lipinski definition) is 7. The molecule has 222 valence electrons. The summed E-state index contributed by atoms with van der Waals surface area (Å²) in [7, 11) is 0. The van der Waals surface area contributed by atoms with Gasteiger partial charge in [0.2, 0.25) is 11.8 Å². The first-order valence-corrected chi connectivity index (χ1v) is 15.8. The first-order chi connectivity index (χ1) is 18.8. The third-order valence-electron chi connectivity index (χ3n) is 10.6. The molecule has 5 atom stereocenters. The zero-order chi connectivity index (χ0) is 27.4. The molecular formula is C29H52FN7O2. The van der Waals surface area contributed by atoms with Gasteiger partial charge in [0.05, 0.1) is 18.1 Å². The van der Waals surface area contributed by atoms with Crippen LogP contribution in [0.2, 0.25) is 0 Å². The quantitative estimate of drug-likeness (QED) is 0.315. The lowest BCUT2D eigenvalue weighted by Crippen LogP contribution is -2.65. The number of nitrogens with two attached hydrogens (primary N) is 2. The third-order valence-corrected chi connectivity index (χ3v) is 10.6. The SMILES string of the molecule is NC(N)C(C(=O)NC1CNCCC1N1CCC(N2CCCC2=O)CC1)C1CC2(CCCCC2)CCC(F)CN1. The van der Waals surface area contributed by atoms with Gasteiger partial charge in [0.15, 0.2) is 0 Å². The van der Waals surface area contributed by atoms with Crippen LogP contribution in [0.25, 0.3) is 0 Å². The highest BCUT2D eigenvalue weighted by Crippen LogP contribution is 2.46. The van der Waals surface area contributed by atoms with Crippen LogP contribution in [0, 0.1) is 11.3 Å². The minimum Gasteiger partial charge on any atom is -0.350 e. The topological polar surface area (TPSA) is 129 Å². The van der Waals surface area contributed by atoms with Crippen LogP contribution in [0.15, 0.2) is 0 Å². The van der Waals surface area contributed by atoms with Crippen LogP contribution in [0.4, 0.5) is 4.39 Å². The second-order valence-electron chi connectivity index (χ2n) is 13.2. The lowest BCUT2D eigenvalue weighted by atomic mass is 9.65. The van der Waals surface area contributed by atoms with Crippen LogP contribution >= 0.6 is 0 Å². The van der Waals surface area contributed by atoms with E-state index in [-0.39, 0.29) is 36.0 Å². The van der Waals surface area contributed by atoms with E-state index in [0.717, 1.165) is 77.5 Å². The van der Waals surface area contributed by atoms with Crippen molar-refractivity contribution in [3.05, 3.63) is 0 Å². The number of hydrogen-bond donors (Lipinski definition) is 5. The summed E-state index contributed by atoms with van der Waals surface area (Å²) in [6.07, 6.45) is 11.0. The lowest BCUT2D eigenvalue weighted by molar-refractivity contribution is -0.131. The molecule has 5 fully saturated rings. The number of carbonyl (C=O) groups is 2. The number of alkyl halides is 1. The van der Waals surface area contributed by atoms with Gasteiger partial charge in [-0.05, 0) is 69.7 Å². The molecule has 0 aromatic carbocycles. The van der Waals surface area contributed by atoms with Crippen LogP contribution < -0.4 is 27.4 Å². The summed E-state index contributed by atoms with van der Waals surface area (Å²) in [5, 5.41) is 10.2. The van der Waals surface area contributed by atoms with Gasteiger partial charge in [0.1, 0.15) is 6.17 Å². The fourth-order valence-electron chi connectivity index (χ4n) is 8.41.